The Labute approximate surface area is 283 Å². The maximum Gasteiger partial charge on any atom is 0.485 e. The van der Waals surface area contributed by atoms with Crippen molar-refractivity contribution in [1.82, 2.24) is 10.6 Å². The first-order valence-corrected chi connectivity index (χ1v) is 18.8. The predicted octanol–water partition coefficient (Wildman–Crippen LogP) is 0.777. The van der Waals surface area contributed by atoms with Crippen LogP contribution in [0.2, 0.25) is 0 Å². The van der Waals surface area contributed by atoms with E-state index in [1.165, 1.54) is 64.2 Å². The highest BCUT2D eigenvalue weighted by Crippen LogP contribution is 2.35. The second-order valence-electron chi connectivity index (χ2n) is 12.1. The van der Waals surface area contributed by atoms with Gasteiger partial charge < -0.3 is 13.8 Å². The van der Waals surface area contributed by atoms with Gasteiger partial charge in [-0.05, 0) is 39.0 Å². The van der Waals surface area contributed by atoms with Crippen molar-refractivity contribution in [3.63, 3.8) is 0 Å². The van der Waals surface area contributed by atoms with Gasteiger partial charge in [-0.15, -0.1) is 0 Å². The standard InChI is InChI=1S/C25H46N6O2.2CHF3O3S/c1-3-4-5-6-7-8-9-12-19-17-20-13-14-21-22(18(2)29-25(30-19)31(20)21)23(32)33-16-11-10-15-28-24(26)27;2*2-1(3,4)8(5,6)7/h18-22H,3-17H2,1-2H3,(H5,26,27,28,29,30);2*(H,5,6,7)/t18-,19-,20+,21+,22+;;/m1../s1. The number of ether oxygens (including phenoxy) is 1. The number of unbranched alkanes of at least 4 members (excludes halogenated alkanes) is 7. The zero-order valence-corrected chi connectivity index (χ0v) is 29.1. The third-order valence-corrected chi connectivity index (χ3v) is 9.29. The van der Waals surface area contributed by atoms with Crippen molar-refractivity contribution in [3.8, 4) is 0 Å². The van der Waals surface area contributed by atoms with E-state index < -0.39 is 31.3 Å². The van der Waals surface area contributed by atoms with E-state index in [1.54, 1.807) is 0 Å². The molecular weight excluding hydrogens is 714 g/mol. The van der Waals surface area contributed by atoms with E-state index >= 15 is 0 Å². The first kappa shape index (κ1) is 44.4. The molecule has 3 aliphatic rings. The first-order chi connectivity index (χ1) is 22.5. The smallest absolute Gasteiger partial charge is 0.485 e. The summed E-state index contributed by atoms with van der Waals surface area (Å²) in [5, 5.41) is 7.40. The average Bonchev–Trinajstić information content (AvgIpc) is 3.37. The molecule has 3 rings (SSSR count). The maximum absolute atomic E-state index is 13.0. The summed E-state index contributed by atoms with van der Waals surface area (Å²) in [5.74, 6) is 1.20. The van der Waals surface area contributed by atoms with Gasteiger partial charge in [0.15, 0.2) is 20.2 Å². The van der Waals surface area contributed by atoms with Crippen molar-refractivity contribution in [2.75, 3.05) is 13.2 Å². The number of nitrogens with two attached hydrogens (primary N) is 2. The Balaban J connectivity index is 0.000000620. The maximum atomic E-state index is 13.0. The third kappa shape index (κ3) is 15.5. The van der Waals surface area contributed by atoms with Crippen molar-refractivity contribution in [2.45, 2.75) is 133 Å². The molecule has 0 radical (unpaired) electrons. The normalized spacial score (nSPS) is 23.4. The highest BCUT2D eigenvalue weighted by atomic mass is 32.2. The van der Waals surface area contributed by atoms with Gasteiger partial charge in [0, 0.05) is 6.42 Å². The summed E-state index contributed by atoms with van der Waals surface area (Å²) in [4.78, 5) is 15.9. The van der Waals surface area contributed by atoms with Crippen molar-refractivity contribution in [3.05, 3.63) is 0 Å². The van der Waals surface area contributed by atoms with E-state index in [1.807, 2.05) is 0 Å². The molecule has 0 aromatic rings. The number of esters is 1. The van der Waals surface area contributed by atoms with Crippen molar-refractivity contribution in [2.24, 2.45) is 17.4 Å². The number of rotatable bonds is 14. The number of nitrogens with zero attached hydrogens (tertiary/aromatic N) is 1. The minimum absolute atomic E-state index is 0.0669. The van der Waals surface area contributed by atoms with E-state index in [9.17, 15) is 31.1 Å². The van der Waals surface area contributed by atoms with Gasteiger partial charge >= 0.3 is 28.9 Å². The molecule has 1 saturated heterocycles. The predicted molar refractivity (Wildman–Crippen MR) is 163 cm³/mol. The Kier molecular flexibility index (Phi) is 17.9. The van der Waals surface area contributed by atoms with Crippen LogP contribution in [0.5, 0.6) is 0 Å². The van der Waals surface area contributed by atoms with Gasteiger partial charge in [0.2, 0.25) is 0 Å². The molecule has 0 aromatic heterocycles. The molecule has 49 heavy (non-hydrogen) atoms. The number of alkyl halides is 6. The lowest BCUT2D eigenvalue weighted by Crippen LogP contribution is -2.78. The Hall–Kier alpha value is -2.59. The second-order valence-corrected chi connectivity index (χ2v) is 14.8. The monoisotopic (exact) mass is 762 g/mol. The van der Waals surface area contributed by atoms with Crippen LogP contribution in [0.15, 0.2) is 0 Å². The lowest BCUT2D eigenvalue weighted by molar-refractivity contribution is -0.598. The molecule has 3 heterocycles. The summed E-state index contributed by atoms with van der Waals surface area (Å²) >= 11 is 0. The van der Waals surface area contributed by atoms with Crippen LogP contribution in [0.1, 0.15) is 97.3 Å². The fraction of sp³-hybridized carbons (Fsp3) is 0.889. The van der Waals surface area contributed by atoms with Gasteiger partial charge in [0.05, 0.1) is 37.3 Å². The molecule has 0 bridgehead atoms. The summed E-state index contributed by atoms with van der Waals surface area (Å²) < 4.78 is 126. The Bertz CT molecular complexity index is 1280. The second kappa shape index (κ2) is 19.7. The van der Waals surface area contributed by atoms with Crippen LogP contribution in [-0.4, -0.2) is 96.7 Å². The topological polar surface area (TPSA) is 234 Å². The Morgan fingerprint density at radius 3 is 1.94 bits per heavy atom. The quantitative estimate of drug-likeness (QED) is 0.0242. The van der Waals surface area contributed by atoms with E-state index in [-0.39, 0.29) is 29.9 Å². The van der Waals surface area contributed by atoms with E-state index in [4.69, 9.17) is 42.1 Å². The van der Waals surface area contributed by atoms with E-state index in [2.05, 4.69) is 34.0 Å². The minimum Gasteiger partial charge on any atom is -0.741 e. The Morgan fingerprint density at radius 2 is 1.43 bits per heavy atom. The molecule has 3 aliphatic heterocycles. The number of guanidine groups is 2. The van der Waals surface area contributed by atoms with Gasteiger partial charge in [-0.2, -0.15) is 26.3 Å². The lowest BCUT2D eigenvalue weighted by Gasteiger charge is -2.38. The summed E-state index contributed by atoms with van der Waals surface area (Å²) in [6, 6.07) is 1.41. The van der Waals surface area contributed by atoms with Crippen LogP contribution in [0.4, 0.5) is 26.3 Å². The van der Waals surface area contributed by atoms with Crippen molar-refractivity contribution < 1.29 is 71.4 Å². The number of hydrogen-bond donors (Lipinski definition) is 5. The van der Waals surface area contributed by atoms with Crippen LogP contribution in [0, 0.1) is 5.92 Å². The Morgan fingerprint density at radius 1 is 0.898 bits per heavy atom. The molecule has 0 aliphatic carbocycles. The van der Waals surface area contributed by atoms with Crippen LogP contribution >= 0.6 is 0 Å². The molecule has 0 amide bonds. The number of halogens is 6. The molecule has 14 nitrogen and oxygen atoms in total. The molecule has 7 N–H and O–H groups in total. The first-order valence-electron chi connectivity index (χ1n) is 16.0. The molecule has 0 saturated carbocycles. The largest absolute Gasteiger partial charge is 0.741 e. The highest BCUT2D eigenvalue weighted by molar-refractivity contribution is 7.86. The summed E-state index contributed by atoms with van der Waals surface area (Å²) in [6.07, 6.45) is 15.8. The molecule has 1 fully saturated rings. The molecule has 22 heteroatoms. The summed E-state index contributed by atoms with van der Waals surface area (Å²) in [5.41, 5.74) is -0.502. The number of hydrogen-bond acceptors (Lipinski definition) is 10. The summed E-state index contributed by atoms with van der Waals surface area (Å²) in [6.45, 7) is 5.53. The zero-order valence-electron chi connectivity index (χ0n) is 27.4. The van der Waals surface area contributed by atoms with E-state index in [0.29, 0.717) is 25.2 Å². The molecule has 288 valence electrons. The van der Waals surface area contributed by atoms with Crippen LogP contribution in [0.25, 0.3) is 0 Å². The highest BCUT2D eigenvalue weighted by Gasteiger charge is 2.52. The molecular formula is C27H48F6N6O8S2. The van der Waals surface area contributed by atoms with Gasteiger partial charge in [-0.3, -0.25) is 36.5 Å². The zero-order chi connectivity index (χ0) is 37.6. The van der Waals surface area contributed by atoms with Crippen LogP contribution in [0.3, 0.4) is 0 Å². The van der Waals surface area contributed by atoms with Crippen LogP contribution in [-0.2, 0) is 29.8 Å². The molecule has 0 spiro atoms. The third-order valence-electron chi connectivity index (χ3n) is 8.16. The van der Waals surface area contributed by atoms with Gasteiger partial charge in [0.1, 0.15) is 5.92 Å². The number of carbonyl (C=O) groups excluding carboxylic acids is 1. The van der Waals surface area contributed by atoms with E-state index in [0.717, 1.165) is 25.2 Å². The van der Waals surface area contributed by atoms with Crippen molar-refractivity contribution in [1.29, 1.82) is 0 Å². The molecule has 5 atom stereocenters. The average molecular weight is 763 g/mol. The van der Waals surface area contributed by atoms with Crippen LogP contribution < -0.4 is 27.1 Å². The lowest BCUT2D eigenvalue weighted by atomic mass is 9.89. The number of nitrogens with one attached hydrogen (secondary N) is 3. The fourth-order valence-electron chi connectivity index (χ4n) is 5.88. The fourth-order valence-corrected chi connectivity index (χ4v) is 5.88. The van der Waals surface area contributed by atoms with Crippen molar-refractivity contribution >= 4 is 38.1 Å². The molecule has 0 aromatic carbocycles. The number of carbonyl (C=O) groups is 1. The van der Waals surface area contributed by atoms with Gasteiger partial charge in [-0.25, -0.2) is 16.8 Å². The molecule has 0 unspecified atom stereocenters. The van der Waals surface area contributed by atoms with Gasteiger partial charge in [-0.1, -0.05) is 51.9 Å². The SMILES string of the molecule is CCCCCCCCC[C@@H]1C[C@@H]2CC[C@H]3[C@@H](C(=O)OCCCC[NH+]=C(N)N)[C@@H](C)NC(=[N+]23)N1.O=S(=O)([O-])C(F)(F)F.O=S(=O)([O-])C(F)(F)F. The van der Waals surface area contributed by atoms with Gasteiger partial charge in [0.25, 0.3) is 0 Å². The minimum atomic E-state index is -6.09. The summed E-state index contributed by atoms with van der Waals surface area (Å²) in [7, 11) is -12.2.